The van der Waals surface area contributed by atoms with E-state index in [-0.39, 0.29) is 10.8 Å². The highest BCUT2D eigenvalue weighted by Gasteiger charge is 2.30. The number of rotatable bonds is 4. The zero-order chi connectivity index (χ0) is 19.2. The van der Waals surface area contributed by atoms with Crippen LogP contribution in [0.3, 0.4) is 0 Å². The normalized spacial score (nSPS) is 13.3. The van der Waals surface area contributed by atoms with Gasteiger partial charge in [0.1, 0.15) is 0 Å². The molecule has 140 valence electrons. The van der Waals surface area contributed by atoms with Crippen molar-refractivity contribution < 1.29 is 0 Å². The van der Waals surface area contributed by atoms with Crippen molar-refractivity contribution in [2.24, 2.45) is 0 Å². The first-order valence-corrected chi connectivity index (χ1v) is 9.49. The van der Waals surface area contributed by atoms with E-state index in [0.29, 0.717) is 11.8 Å². The first-order chi connectivity index (χ1) is 11.3. The highest BCUT2D eigenvalue weighted by atomic mass is 15.1. The maximum absolute atomic E-state index is 4.70. The van der Waals surface area contributed by atoms with Gasteiger partial charge in [-0.05, 0) is 11.8 Å². The molecule has 2 heterocycles. The SMILES string of the molecule is CC(C)c1[nH]nc(C(C)(C)C)c1Cc1c(C(C)(C)C)n[nH]c1C(C)C. The average molecular weight is 345 g/mol. The van der Waals surface area contributed by atoms with Crippen molar-refractivity contribution in [1.82, 2.24) is 20.4 Å². The summed E-state index contributed by atoms with van der Waals surface area (Å²) in [6.45, 7) is 22.3. The number of aromatic amines is 2. The minimum absolute atomic E-state index is 0.0165. The van der Waals surface area contributed by atoms with E-state index in [1.807, 2.05) is 0 Å². The number of nitrogens with one attached hydrogen (secondary N) is 2. The van der Waals surface area contributed by atoms with Gasteiger partial charge in [0.15, 0.2) is 0 Å². The second-order valence-electron chi connectivity index (χ2n) is 9.92. The third-order valence-corrected chi connectivity index (χ3v) is 4.73. The summed E-state index contributed by atoms with van der Waals surface area (Å²) in [4.78, 5) is 0. The highest BCUT2D eigenvalue weighted by Crippen LogP contribution is 2.35. The van der Waals surface area contributed by atoms with Crippen molar-refractivity contribution in [3.05, 3.63) is 33.9 Å². The van der Waals surface area contributed by atoms with E-state index in [1.54, 1.807) is 0 Å². The van der Waals surface area contributed by atoms with Crippen molar-refractivity contribution in [2.45, 2.75) is 98.3 Å². The van der Waals surface area contributed by atoms with E-state index in [2.05, 4.69) is 79.4 Å². The molecule has 0 aliphatic carbocycles. The van der Waals surface area contributed by atoms with Crippen LogP contribution in [0.15, 0.2) is 0 Å². The molecule has 4 heteroatoms. The zero-order valence-electron chi connectivity index (χ0n) is 17.8. The van der Waals surface area contributed by atoms with Crippen molar-refractivity contribution in [1.29, 1.82) is 0 Å². The van der Waals surface area contributed by atoms with Gasteiger partial charge in [0.2, 0.25) is 0 Å². The van der Waals surface area contributed by atoms with Crippen LogP contribution in [0.1, 0.15) is 115 Å². The average Bonchev–Trinajstić information content (AvgIpc) is 3.01. The number of hydrogen-bond acceptors (Lipinski definition) is 2. The van der Waals surface area contributed by atoms with Gasteiger partial charge in [0, 0.05) is 39.8 Å². The summed E-state index contributed by atoms with van der Waals surface area (Å²) in [6, 6.07) is 0. The van der Waals surface area contributed by atoms with Gasteiger partial charge in [-0.15, -0.1) is 0 Å². The number of nitrogens with zero attached hydrogens (tertiary/aromatic N) is 2. The van der Waals surface area contributed by atoms with Crippen molar-refractivity contribution in [2.75, 3.05) is 0 Å². The van der Waals surface area contributed by atoms with Gasteiger partial charge in [0.25, 0.3) is 0 Å². The zero-order valence-corrected chi connectivity index (χ0v) is 17.8. The van der Waals surface area contributed by atoms with Crippen LogP contribution in [-0.2, 0) is 17.3 Å². The van der Waals surface area contributed by atoms with Crippen LogP contribution in [-0.4, -0.2) is 20.4 Å². The monoisotopic (exact) mass is 344 g/mol. The fourth-order valence-corrected chi connectivity index (χ4v) is 3.49. The lowest BCUT2D eigenvalue weighted by Gasteiger charge is -2.22. The summed E-state index contributed by atoms with van der Waals surface area (Å²) in [5.41, 5.74) is 7.57. The van der Waals surface area contributed by atoms with Crippen molar-refractivity contribution in [3.63, 3.8) is 0 Å². The summed E-state index contributed by atoms with van der Waals surface area (Å²) < 4.78 is 0. The summed E-state index contributed by atoms with van der Waals surface area (Å²) in [5.74, 6) is 0.845. The topological polar surface area (TPSA) is 57.4 Å². The molecule has 25 heavy (non-hydrogen) atoms. The third kappa shape index (κ3) is 3.99. The van der Waals surface area contributed by atoms with Crippen LogP contribution in [0.2, 0.25) is 0 Å². The Kier molecular flexibility index (Phi) is 5.23. The molecule has 0 atom stereocenters. The Bertz CT molecular complexity index is 656. The van der Waals surface area contributed by atoms with Gasteiger partial charge in [-0.1, -0.05) is 69.2 Å². The second kappa shape index (κ2) is 6.62. The van der Waals surface area contributed by atoms with Crippen molar-refractivity contribution in [3.8, 4) is 0 Å². The van der Waals surface area contributed by atoms with Crippen molar-refractivity contribution >= 4 is 0 Å². The molecule has 0 unspecified atom stereocenters. The maximum Gasteiger partial charge on any atom is 0.0713 e. The molecule has 0 fully saturated rings. The quantitative estimate of drug-likeness (QED) is 0.762. The van der Waals surface area contributed by atoms with Crippen LogP contribution in [0.25, 0.3) is 0 Å². The Morgan fingerprint density at radius 3 is 1.24 bits per heavy atom. The van der Waals surface area contributed by atoms with Gasteiger partial charge in [-0.25, -0.2) is 0 Å². The number of hydrogen-bond donors (Lipinski definition) is 2. The van der Waals surface area contributed by atoms with Gasteiger partial charge < -0.3 is 0 Å². The fraction of sp³-hybridized carbons (Fsp3) is 0.714. The van der Waals surface area contributed by atoms with E-state index >= 15 is 0 Å². The smallest absolute Gasteiger partial charge is 0.0713 e. The van der Waals surface area contributed by atoms with Gasteiger partial charge in [-0.2, -0.15) is 10.2 Å². The first kappa shape index (κ1) is 19.7. The van der Waals surface area contributed by atoms with Crippen LogP contribution in [0, 0.1) is 0 Å². The molecule has 0 aliphatic rings. The Balaban J connectivity index is 2.64. The summed E-state index contributed by atoms with van der Waals surface area (Å²) >= 11 is 0. The molecular formula is C21H36N4. The molecule has 0 radical (unpaired) electrons. The standard InChI is InChI=1S/C21H36N4/c1-12(2)16-14(18(24-22-16)20(5,6)7)11-15-17(13(3)4)23-25-19(15)21(8,9)10/h12-13H,11H2,1-10H3,(H,22,24)(H,23,25). The van der Waals surface area contributed by atoms with Crippen LogP contribution in [0.5, 0.6) is 0 Å². The van der Waals surface area contributed by atoms with E-state index in [9.17, 15) is 0 Å². The molecule has 0 bridgehead atoms. The molecule has 2 aromatic rings. The molecule has 4 nitrogen and oxygen atoms in total. The molecule has 2 rings (SSSR count). The molecule has 0 spiro atoms. The summed E-state index contributed by atoms with van der Waals surface area (Å²) in [6.07, 6.45) is 0.882. The lowest BCUT2D eigenvalue weighted by atomic mass is 9.81. The minimum atomic E-state index is 0.0165. The van der Waals surface area contributed by atoms with E-state index < -0.39 is 0 Å². The summed E-state index contributed by atoms with van der Waals surface area (Å²) in [7, 11) is 0. The van der Waals surface area contributed by atoms with E-state index in [1.165, 1.54) is 33.9 Å². The number of H-pyrrole nitrogens is 2. The first-order valence-electron chi connectivity index (χ1n) is 9.49. The molecule has 0 saturated carbocycles. The Hall–Kier alpha value is -1.58. The lowest BCUT2D eigenvalue weighted by molar-refractivity contribution is 0.555. The largest absolute Gasteiger partial charge is 0.282 e. The highest BCUT2D eigenvalue weighted by molar-refractivity contribution is 5.42. The maximum atomic E-state index is 4.70. The summed E-state index contributed by atoms with van der Waals surface area (Å²) in [5, 5.41) is 16.0. The Morgan fingerprint density at radius 1 is 0.680 bits per heavy atom. The third-order valence-electron chi connectivity index (χ3n) is 4.73. The molecule has 0 aliphatic heterocycles. The minimum Gasteiger partial charge on any atom is -0.282 e. The second-order valence-corrected chi connectivity index (χ2v) is 9.92. The molecule has 2 N–H and O–H groups in total. The molecule has 0 amide bonds. The lowest BCUT2D eigenvalue weighted by Crippen LogP contribution is -2.18. The van der Waals surface area contributed by atoms with Gasteiger partial charge in [-0.3, -0.25) is 10.2 Å². The Morgan fingerprint density at radius 2 is 1.00 bits per heavy atom. The van der Waals surface area contributed by atoms with E-state index in [0.717, 1.165) is 6.42 Å². The predicted molar refractivity (Wildman–Crippen MR) is 106 cm³/mol. The molecule has 2 aromatic heterocycles. The van der Waals surface area contributed by atoms with Gasteiger partial charge >= 0.3 is 0 Å². The molecular weight excluding hydrogens is 308 g/mol. The van der Waals surface area contributed by atoms with Crippen LogP contribution >= 0.6 is 0 Å². The van der Waals surface area contributed by atoms with E-state index in [4.69, 9.17) is 10.2 Å². The van der Waals surface area contributed by atoms with Crippen LogP contribution in [0.4, 0.5) is 0 Å². The van der Waals surface area contributed by atoms with Gasteiger partial charge in [0.05, 0.1) is 11.4 Å². The Labute approximate surface area is 153 Å². The fourth-order valence-electron chi connectivity index (χ4n) is 3.49. The molecule has 0 saturated heterocycles. The number of aromatic nitrogens is 4. The van der Waals surface area contributed by atoms with Crippen LogP contribution < -0.4 is 0 Å². The predicted octanol–water partition coefficient (Wildman–Crippen LogP) is 5.57. The molecule has 0 aromatic carbocycles.